The van der Waals surface area contributed by atoms with Crippen LogP contribution in [0, 0.1) is 5.92 Å². The predicted molar refractivity (Wildman–Crippen MR) is 51.3 cm³/mol. The number of aromatic nitrogens is 1. The molecule has 15 heavy (non-hydrogen) atoms. The Hall–Kier alpha value is -1.91. The average Bonchev–Trinajstić information content (AvgIpc) is 2.17. The lowest BCUT2D eigenvalue weighted by Crippen LogP contribution is -2.20. The van der Waals surface area contributed by atoms with Crippen LogP contribution < -0.4 is 0 Å². The normalized spacial score (nSPS) is 12.0. The van der Waals surface area contributed by atoms with Crippen LogP contribution in [-0.4, -0.2) is 27.1 Å². The molecule has 0 aliphatic carbocycles. The topological polar surface area (TPSA) is 87.5 Å². The molecular weight excluding hydrogens is 198 g/mol. The number of carbonyl (C=O) groups is 2. The summed E-state index contributed by atoms with van der Waals surface area (Å²) in [5.41, 5.74) is 0.728. The Labute approximate surface area is 86.4 Å². The highest BCUT2D eigenvalue weighted by Crippen LogP contribution is 2.11. The molecule has 0 spiro atoms. The zero-order chi connectivity index (χ0) is 11.3. The second-order valence-corrected chi connectivity index (χ2v) is 3.20. The third-order valence-corrected chi connectivity index (χ3v) is 1.98. The number of carboxylic acids is 2. The van der Waals surface area contributed by atoms with Gasteiger partial charge in [0.05, 0.1) is 12.3 Å². The number of rotatable bonds is 5. The van der Waals surface area contributed by atoms with E-state index >= 15 is 0 Å². The van der Waals surface area contributed by atoms with Gasteiger partial charge in [-0.05, 0) is 18.1 Å². The second kappa shape index (κ2) is 5.09. The lowest BCUT2D eigenvalue weighted by Gasteiger charge is -2.08. The first-order valence-corrected chi connectivity index (χ1v) is 4.43. The molecule has 80 valence electrons. The van der Waals surface area contributed by atoms with Gasteiger partial charge in [0.25, 0.3) is 0 Å². The van der Waals surface area contributed by atoms with Crippen molar-refractivity contribution >= 4 is 11.9 Å². The number of hydrogen-bond donors (Lipinski definition) is 2. The molecule has 1 aromatic heterocycles. The van der Waals surface area contributed by atoms with Gasteiger partial charge in [0, 0.05) is 12.4 Å². The molecule has 0 saturated carbocycles. The van der Waals surface area contributed by atoms with Crippen molar-refractivity contribution in [2.75, 3.05) is 0 Å². The lowest BCUT2D eigenvalue weighted by atomic mass is 9.97. The minimum atomic E-state index is -1.11. The van der Waals surface area contributed by atoms with Gasteiger partial charge in [0.15, 0.2) is 0 Å². The summed E-state index contributed by atoms with van der Waals surface area (Å²) in [5, 5.41) is 17.3. The molecule has 1 aromatic rings. The van der Waals surface area contributed by atoms with Crippen LogP contribution in [0.3, 0.4) is 0 Å². The molecule has 0 bridgehead atoms. The van der Waals surface area contributed by atoms with Crippen LogP contribution in [0.15, 0.2) is 24.5 Å². The Morgan fingerprint density at radius 3 is 2.60 bits per heavy atom. The van der Waals surface area contributed by atoms with E-state index < -0.39 is 17.9 Å². The number of nitrogens with zero attached hydrogens (tertiary/aromatic N) is 1. The standard InChI is InChI=1S/C10H11NO4/c12-9(13)5-8(10(14)15)4-7-2-1-3-11-6-7/h1-3,6,8H,4-5H2,(H,12,13)(H,14,15). The van der Waals surface area contributed by atoms with Crippen LogP contribution in [0.2, 0.25) is 0 Å². The van der Waals surface area contributed by atoms with Crippen LogP contribution in [0.5, 0.6) is 0 Å². The summed E-state index contributed by atoms with van der Waals surface area (Å²) in [6, 6.07) is 3.42. The van der Waals surface area contributed by atoms with E-state index in [1.165, 1.54) is 6.20 Å². The molecule has 2 N–H and O–H groups in total. The van der Waals surface area contributed by atoms with Crippen molar-refractivity contribution in [2.45, 2.75) is 12.8 Å². The van der Waals surface area contributed by atoms with E-state index in [0.717, 1.165) is 5.56 Å². The van der Waals surface area contributed by atoms with E-state index in [1.807, 2.05) is 0 Å². The first kappa shape index (κ1) is 11.2. The summed E-state index contributed by atoms with van der Waals surface area (Å²) in [6.45, 7) is 0. The van der Waals surface area contributed by atoms with E-state index in [4.69, 9.17) is 10.2 Å². The molecule has 0 aliphatic rings. The van der Waals surface area contributed by atoms with E-state index in [1.54, 1.807) is 18.3 Å². The first-order chi connectivity index (χ1) is 7.09. The Morgan fingerprint density at radius 1 is 1.40 bits per heavy atom. The van der Waals surface area contributed by atoms with Gasteiger partial charge in [-0.15, -0.1) is 0 Å². The Bertz CT molecular complexity index is 350. The fourth-order valence-corrected chi connectivity index (χ4v) is 1.26. The van der Waals surface area contributed by atoms with Gasteiger partial charge in [-0.3, -0.25) is 14.6 Å². The maximum absolute atomic E-state index is 10.8. The zero-order valence-corrected chi connectivity index (χ0v) is 7.96. The smallest absolute Gasteiger partial charge is 0.307 e. The molecule has 0 aliphatic heterocycles. The summed E-state index contributed by atoms with van der Waals surface area (Å²) < 4.78 is 0. The summed E-state index contributed by atoms with van der Waals surface area (Å²) >= 11 is 0. The molecule has 1 heterocycles. The molecule has 1 unspecified atom stereocenters. The van der Waals surface area contributed by atoms with Crippen LogP contribution in [0.4, 0.5) is 0 Å². The largest absolute Gasteiger partial charge is 0.481 e. The molecule has 0 aromatic carbocycles. The van der Waals surface area contributed by atoms with Gasteiger partial charge >= 0.3 is 11.9 Å². The molecule has 0 fully saturated rings. The van der Waals surface area contributed by atoms with E-state index in [0.29, 0.717) is 0 Å². The number of aliphatic carboxylic acids is 2. The fourth-order valence-electron chi connectivity index (χ4n) is 1.26. The molecular formula is C10H11NO4. The Morgan fingerprint density at radius 2 is 2.13 bits per heavy atom. The van der Waals surface area contributed by atoms with E-state index in [2.05, 4.69) is 4.98 Å². The second-order valence-electron chi connectivity index (χ2n) is 3.20. The SMILES string of the molecule is O=C(O)CC(Cc1cccnc1)C(=O)O. The molecule has 0 radical (unpaired) electrons. The highest BCUT2D eigenvalue weighted by atomic mass is 16.4. The summed E-state index contributed by atoms with van der Waals surface area (Å²) in [6.07, 6.45) is 2.94. The van der Waals surface area contributed by atoms with Crippen molar-refractivity contribution in [1.29, 1.82) is 0 Å². The van der Waals surface area contributed by atoms with Crippen LogP contribution in [0.25, 0.3) is 0 Å². The van der Waals surface area contributed by atoms with Crippen molar-refractivity contribution in [3.8, 4) is 0 Å². The van der Waals surface area contributed by atoms with Gasteiger partial charge < -0.3 is 10.2 Å². The maximum Gasteiger partial charge on any atom is 0.307 e. The first-order valence-electron chi connectivity index (χ1n) is 4.43. The van der Waals surface area contributed by atoms with Crippen LogP contribution >= 0.6 is 0 Å². The molecule has 0 amide bonds. The van der Waals surface area contributed by atoms with Crippen molar-refractivity contribution in [1.82, 2.24) is 4.98 Å². The minimum Gasteiger partial charge on any atom is -0.481 e. The average molecular weight is 209 g/mol. The lowest BCUT2D eigenvalue weighted by molar-refractivity contribution is -0.148. The zero-order valence-electron chi connectivity index (χ0n) is 7.96. The summed E-state index contributed by atoms with van der Waals surface area (Å²) in [7, 11) is 0. The fraction of sp³-hybridized carbons (Fsp3) is 0.300. The van der Waals surface area contributed by atoms with Crippen molar-refractivity contribution in [2.24, 2.45) is 5.92 Å². The Balaban J connectivity index is 2.67. The van der Waals surface area contributed by atoms with E-state index in [-0.39, 0.29) is 12.8 Å². The van der Waals surface area contributed by atoms with Crippen molar-refractivity contribution in [3.05, 3.63) is 30.1 Å². The van der Waals surface area contributed by atoms with Gasteiger partial charge in [-0.2, -0.15) is 0 Å². The highest BCUT2D eigenvalue weighted by molar-refractivity contribution is 5.77. The molecule has 1 rings (SSSR count). The summed E-state index contributed by atoms with van der Waals surface area (Å²) in [4.78, 5) is 25.0. The third-order valence-electron chi connectivity index (χ3n) is 1.98. The number of carboxylic acid groups (broad SMARTS) is 2. The van der Waals surface area contributed by atoms with Crippen LogP contribution in [-0.2, 0) is 16.0 Å². The quantitative estimate of drug-likeness (QED) is 0.748. The molecule has 1 atom stereocenters. The van der Waals surface area contributed by atoms with Gasteiger partial charge in [0.2, 0.25) is 0 Å². The predicted octanol–water partition coefficient (Wildman–Crippen LogP) is 0.800. The number of pyridine rings is 1. The van der Waals surface area contributed by atoms with Crippen molar-refractivity contribution < 1.29 is 19.8 Å². The molecule has 5 nitrogen and oxygen atoms in total. The van der Waals surface area contributed by atoms with Crippen molar-refractivity contribution in [3.63, 3.8) is 0 Å². The van der Waals surface area contributed by atoms with Gasteiger partial charge in [0.1, 0.15) is 0 Å². The molecule has 0 saturated heterocycles. The Kier molecular flexibility index (Phi) is 3.79. The molecule has 5 heteroatoms. The third kappa shape index (κ3) is 3.76. The maximum atomic E-state index is 10.8. The minimum absolute atomic E-state index is 0.190. The van der Waals surface area contributed by atoms with E-state index in [9.17, 15) is 9.59 Å². The summed E-state index contributed by atoms with van der Waals surface area (Å²) in [5.74, 6) is -3.10. The van der Waals surface area contributed by atoms with Gasteiger partial charge in [-0.25, -0.2) is 0 Å². The van der Waals surface area contributed by atoms with Crippen LogP contribution in [0.1, 0.15) is 12.0 Å². The highest BCUT2D eigenvalue weighted by Gasteiger charge is 2.21. The monoisotopic (exact) mass is 209 g/mol. The number of hydrogen-bond acceptors (Lipinski definition) is 3. The van der Waals surface area contributed by atoms with Gasteiger partial charge in [-0.1, -0.05) is 6.07 Å².